The van der Waals surface area contributed by atoms with Crippen LogP contribution in [0, 0.1) is 0 Å². The smallest absolute Gasteiger partial charge is 0.129 e. The maximum atomic E-state index is 5.47. The molecule has 3 nitrogen and oxygen atoms in total. The number of benzene rings is 2. The summed E-state index contributed by atoms with van der Waals surface area (Å²) in [5, 5.41) is 6.54. The molecule has 1 atom stereocenters. The number of rotatable bonds is 6. The lowest BCUT2D eigenvalue weighted by atomic mass is 10.1. The summed E-state index contributed by atoms with van der Waals surface area (Å²) >= 11 is 1.62. The average Bonchev–Trinajstić information content (AvgIpc) is 3.14. The lowest BCUT2D eigenvalue weighted by Gasteiger charge is -2.15. The van der Waals surface area contributed by atoms with Crippen molar-refractivity contribution in [1.29, 1.82) is 0 Å². The highest BCUT2D eigenvalue weighted by atomic mass is 32.1. The molecule has 4 heteroatoms. The van der Waals surface area contributed by atoms with Gasteiger partial charge in [-0.1, -0.05) is 36.4 Å². The van der Waals surface area contributed by atoms with Gasteiger partial charge in [-0.15, -0.1) is 11.3 Å². The zero-order valence-corrected chi connectivity index (χ0v) is 14.1. The minimum Gasteiger partial charge on any atom is -0.496 e. The number of nitrogens with zero attached hydrogens (tertiary/aromatic N) is 1. The quantitative estimate of drug-likeness (QED) is 0.715. The standard InChI is InChI=1S/C19H20N2OS/c1-14(16-6-4-3-5-7-16)21-13-15-8-9-18(22-2)17(12-15)19-20-10-11-23-19/h3-12,14,21H,13H2,1-2H3/t14-/m1/s1. The monoisotopic (exact) mass is 324 g/mol. The maximum Gasteiger partial charge on any atom is 0.129 e. The highest BCUT2D eigenvalue weighted by molar-refractivity contribution is 7.13. The van der Waals surface area contributed by atoms with E-state index in [-0.39, 0.29) is 0 Å². The zero-order valence-electron chi connectivity index (χ0n) is 13.3. The summed E-state index contributed by atoms with van der Waals surface area (Å²) in [7, 11) is 1.70. The van der Waals surface area contributed by atoms with Crippen LogP contribution >= 0.6 is 11.3 Å². The Morgan fingerprint density at radius 2 is 2.00 bits per heavy atom. The maximum absolute atomic E-state index is 5.47. The number of ether oxygens (including phenoxy) is 1. The van der Waals surface area contributed by atoms with E-state index in [0.717, 1.165) is 22.9 Å². The van der Waals surface area contributed by atoms with Crippen molar-refractivity contribution < 1.29 is 4.74 Å². The molecule has 1 N–H and O–H groups in total. The molecule has 0 fully saturated rings. The van der Waals surface area contributed by atoms with Crippen molar-refractivity contribution in [3.8, 4) is 16.3 Å². The summed E-state index contributed by atoms with van der Waals surface area (Å²) in [6, 6.07) is 17.0. The van der Waals surface area contributed by atoms with Crippen molar-refractivity contribution in [2.75, 3.05) is 7.11 Å². The second-order valence-electron chi connectivity index (χ2n) is 5.39. The van der Waals surface area contributed by atoms with Crippen molar-refractivity contribution >= 4 is 11.3 Å². The molecule has 0 unspecified atom stereocenters. The van der Waals surface area contributed by atoms with Gasteiger partial charge < -0.3 is 10.1 Å². The predicted octanol–water partition coefficient (Wildman–Crippen LogP) is 4.67. The molecular weight excluding hydrogens is 304 g/mol. The molecule has 0 aliphatic carbocycles. The number of nitrogens with one attached hydrogen (secondary N) is 1. The molecule has 0 saturated carbocycles. The van der Waals surface area contributed by atoms with Crippen LogP contribution in [0.1, 0.15) is 24.1 Å². The first-order valence-electron chi connectivity index (χ1n) is 7.63. The molecule has 0 saturated heterocycles. The van der Waals surface area contributed by atoms with Crippen LogP contribution in [0.2, 0.25) is 0 Å². The average molecular weight is 324 g/mol. The minimum absolute atomic E-state index is 0.307. The molecule has 1 aromatic heterocycles. The van der Waals surface area contributed by atoms with Gasteiger partial charge in [-0.05, 0) is 30.2 Å². The molecule has 2 aromatic carbocycles. The Labute approximate surface area is 141 Å². The second kappa shape index (κ2) is 7.40. The van der Waals surface area contributed by atoms with Crippen LogP contribution < -0.4 is 10.1 Å². The molecule has 1 heterocycles. The fraction of sp³-hybridized carbons (Fsp3) is 0.211. The molecule has 0 aliphatic heterocycles. The molecule has 0 aliphatic rings. The van der Waals surface area contributed by atoms with E-state index in [0.29, 0.717) is 6.04 Å². The molecule has 0 bridgehead atoms. The number of methoxy groups -OCH3 is 1. The topological polar surface area (TPSA) is 34.1 Å². The van der Waals surface area contributed by atoms with Crippen molar-refractivity contribution in [1.82, 2.24) is 10.3 Å². The van der Waals surface area contributed by atoms with Crippen LogP contribution in [0.4, 0.5) is 0 Å². The van der Waals surface area contributed by atoms with Crippen LogP contribution in [-0.4, -0.2) is 12.1 Å². The van der Waals surface area contributed by atoms with Gasteiger partial charge in [-0.3, -0.25) is 0 Å². The molecule has 0 spiro atoms. The molecule has 118 valence electrons. The molecule has 0 radical (unpaired) electrons. The van der Waals surface area contributed by atoms with E-state index in [1.54, 1.807) is 18.4 Å². The second-order valence-corrected chi connectivity index (χ2v) is 6.28. The summed E-state index contributed by atoms with van der Waals surface area (Å²) in [4.78, 5) is 4.40. The summed E-state index contributed by atoms with van der Waals surface area (Å²) in [5.74, 6) is 0.861. The minimum atomic E-state index is 0.307. The predicted molar refractivity (Wildman–Crippen MR) is 95.8 cm³/mol. The Kier molecular flexibility index (Phi) is 5.05. The van der Waals surface area contributed by atoms with Crippen LogP contribution in [0.25, 0.3) is 10.6 Å². The van der Waals surface area contributed by atoms with E-state index in [9.17, 15) is 0 Å². The van der Waals surface area contributed by atoms with Crippen molar-refractivity contribution in [2.24, 2.45) is 0 Å². The van der Waals surface area contributed by atoms with Crippen molar-refractivity contribution in [3.05, 3.63) is 71.2 Å². The van der Waals surface area contributed by atoms with E-state index in [4.69, 9.17) is 4.74 Å². The Hall–Kier alpha value is -2.17. The van der Waals surface area contributed by atoms with Gasteiger partial charge in [0.15, 0.2) is 0 Å². The number of hydrogen-bond acceptors (Lipinski definition) is 4. The molecule has 0 amide bonds. The SMILES string of the molecule is COc1ccc(CN[C@H](C)c2ccccc2)cc1-c1nccs1. The lowest BCUT2D eigenvalue weighted by molar-refractivity contribution is 0.416. The largest absolute Gasteiger partial charge is 0.496 e. The molecule has 3 rings (SSSR count). The van der Waals surface area contributed by atoms with Gasteiger partial charge in [-0.2, -0.15) is 0 Å². The van der Waals surface area contributed by atoms with Gasteiger partial charge in [0.1, 0.15) is 10.8 Å². The molecule has 3 aromatic rings. The summed E-state index contributed by atoms with van der Waals surface area (Å²) in [5.41, 5.74) is 3.56. The summed E-state index contributed by atoms with van der Waals surface area (Å²) in [6.07, 6.45) is 1.82. The Morgan fingerprint density at radius 3 is 2.70 bits per heavy atom. The highest BCUT2D eigenvalue weighted by Gasteiger charge is 2.10. The van der Waals surface area contributed by atoms with Crippen LogP contribution in [0.15, 0.2) is 60.1 Å². The van der Waals surface area contributed by atoms with Gasteiger partial charge >= 0.3 is 0 Å². The van der Waals surface area contributed by atoms with Crippen LogP contribution in [0.3, 0.4) is 0 Å². The van der Waals surface area contributed by atoms with E-state index in [1.807, 2.05) is 23.7 Å². The van der Waals surface area contributed by atoms with E-state index < -0.39 is 0 Å². The van der Waals surface area contributed by atoms with E-state index in [1.165, 1.54) is 11.1 Å². The number of thiazole rings is 1. The number of hydrogen-bond donors (Lipinski definition) is 1. The van der Waals surface area contributed by atoms with Crippen molar-refractivity contribution in [2.45, 2.75) is 19.5 Å². The van der Waals surface area contributed by atoms with Gasteiger partial charge in [-0.25, -0.2) is 4.98 Å². The third kappa shape index (κ3) is 3.78. The normalized spacial score (nSPS) is 12.1. The van der Waals surface area contributed by atoms with E-state index >= 15 is 0 Å². The zero-order chi connectivity index (χ0) is 16.1. The Morgan fingerprint density at radius 1 is 1.17 bits per heavy atom. The highest BCUT2D eigenvalue weighted by Crippen LogP contribution is 2.32. The van der Waals surface area contributed by atoms with Gasteiger partial charge in [0.25, 0.3) is 0 Å². The fourth-order valence-electron chi connectivity index (χ4n) is 2.52. The van der Waals surface area contributed by atoms with Crippen molar-refractivity contribution in [3.63, 3.8) is 0 Å². The Balaban J connectivity index is 1.75. The van der Waals surface area contributed by atoms with Crippen LogP contribution in [0.5, 0.6) is 5.75 Å². The third-order valence-electron chi connectivity index (χ3n) is 3.84. The summed E-state index contributed by atoms with van der Waals surface area (Å²) in [6.45, 7) is 2.99. The fourth-order valence-corrected chi connectivity index (χ4v) is 3.18. The van der Waals surface area contributed by atoms with Gasteiger partial charge in [0, 0.05) is 24.2 Å². The third-order valence-corrected chi connectivity index (χ3v) is 4.64. The summed E-state index contributed by atoms with van der Waals surface area (Å²) < 4.78 is 5.47. The van der Waals surface area contributed by atoms with Gasteiger partial charge in [0.2, 0.25) is 0 Å². The first-order valence-corrected chi connectivity index (χ1v) is 8.51. The van der Waals surface area contributed by atoms with Crippen LogP contribution in [-0.2, 0) is 6.54 Å². The Bertz CT molecular complexity index is 741. The lowest BCUT2D eigenvalue weighted by Crippen LogP contribution is -2.18. The number of aromatic nitrogens is 1. The first-order chi connectivity index (χ1) is 11.3. The first kappa shape index (κ1) is 15.7. The van der Waals surface area contributed by atoms with Gasteiger partial charge in [0.05, 0.1) is 12.7 Å². The molecular formula is C19H20N2OS. The molecule has 23 heavy (non-hydrogen) atoms. The van der Waals surface area contributed by atoms with E-state index in [2.05, 4.69) is 53.6 Å².